The van der Waals surface area contributed by atoms with Gasteiger partial charge in [-0.3, -0.25) is 4.79 Å². The molecule has 1 amide bonds. The number of aliphatic hydroxyl groups excluding tert-OH is 1. The Morgan fingerprint density at radius 3 is 2.62 bits per heavy atom. The SMILES string of the molecule is Cc1ccc(OC[C@@H](O)Cn2c([C@@H]3CC(=O)N(C(C)(C)C)C3)nc3ccccc32)c(C)c1. The van der Waals surface area contributed by atoms with Crippen LogP contribution in [-0.4, -0.2) is 50.3 Å². The number of imidazole rings is 1. The number of aliphatic hydroxyl groups is 1. The van der Waals surface area contributed by atoms with E-state index in [-0.39, 0.29) is 24.0 Å². The van der Waals surface area contributed by atoms with Gasteiger partial charge in [0, 0.05) is 24.4 Å². The molecule has 6 nitrogen and oxygen atoms in total. The summed E-state index contributed by atoms with van der Waals surface area (Å²) in [4.78, 5) is 19.5. The minimum atomic E-state index is -0.706. The maximum Gasteiger partial charge on any atom is 0.223 e. The van der Waals surface area contributed by atoms with E-state index in [9.17, 15) is 9.90 Å². The maximum atomic E-state index is 12.7. The lowest BCUT2D eigenvalue weighted by atomic mass is 10.1. The third kappa shape index (κ3) is 4.51. The summed E-state index contributed by atoms with van der Waals surface area (Å²) in [7, 11) is 0. The van der Waals surface area contributed by atoms with E-state index in [4.69, 9.17) is 9.72 Å². The average Bonchev–Trinajstić information content (AvgIpc) is 3.28. The zero-order chi connectivity index (χ0) is 23.0. The lowest BCUT2D eigenvalue weighted by Gasteiger charge is -2.32. The second-order valence-electron chi connectivity index (χ2n) is 9.88. The topological polar surface area (TPSA) is 67.6 Å². The van der Waals surface area contributed by atoms with Gasteiger partial charge in [-0.2, -0.15) is 0 Å². The number of ether oxygens (including phenoxy) is 1. The van der Waals surface area contributed by atoms with Gasteiger partial charge < -0.3 is 19.3 Å². The van der Waals surface area contributed by atoms with Crippen LogP contribution in [0.2, 0.25) is 0 Å². The van der Waals surface area contributed by atoms with Crippen LogP contribution in [0.1, 0.15) is 50.1 Å². The number of hydrogen-bond acceptors (Lipinski definition) is 4. The Balaban J connectivity index is 1.56. The first kappa shape index (κ1) is 22.3. The van der Waals surface area contributed by atoms with Crippen molar-refractivity contribution in [3.8, 4) is 5.75 Å². The minimum absolute atomic E-state index is 0.00147. The van der Waals surface area contributed by atoms with E-state index < -0.39 is 6.10 Å². The van der Waals surface area contributed by atoms with E-state index in [1.807, 2.05) is 55.1 Å². The van der Waals surface area contributed by atoms with Gasteiger partial charge in [0.15, 0.2) is 0 Å². The molecule has 170 valence electrons. The maximum absolute atomic E-state index is 12.7. The molecule has 1 saturated heterocycles. The molecule has 1 fully saturated rings. The number of rotatable bonds is 6. The van der Waals surface area contributed by atoms with Gasteiger partial charge >= 0.3 is 0 Å². The largest absolute Gasteiger partial charge is 0.491 e. The second kappa shape index (κ2) is 8.58. The molecule has 1 aliphatic rings. The van der Waals surface area contributed by atoms with Gasteiger partial charge in [0.2, 0.25) is 5.91 Å². The highest BCUT2D eigenvalue weighted by molar-refractivity contribution is 5.81. The average molecular weight is 436 g/mol. The van der Waals surface area contributed by atoms with Crippen molar-refractivity contribution < 1.29 is 14.6 Å². The van der Waals surface area contributed by atoms with E-state index in [1.54, 1.807) is 0 Å². The number of aryl methyl sites for hydroxylation is 2. The summed E-state index contributed by atoms with van der Waals surface area (Å²) >= 11 is 0. The molecule has 3 aromatic rings. The molecule has 1 aromatic heterocycles. The van der Waals surface area contributed by atoms with Crippen molar-refractivity contribution in [2.24, 2.45) is 0 Å². The number of hydrogen-bond donors (Lipinski definition) is 1. The number of para-hydroxylation sites is 2. The normalized spacial score (nSPS) is 17.9. The fraction of sp³-hybridized carbons (Fsp3) is 0.462. The molecule has 1 aliphatic heterocycles. The predicted octanol–water partition coefficient (Wildman–Crippen LogP) is 4.21. The quantitative estimate of drug-likeness (QED) is 0.630. The van der Waals surface area contributed by atoms with Gasteiger partial charge in [0.25, 0.3) is 0 Å². The molecule has 0 bridgehead atoms. The van der Waals surface area contributed by atoms with E-state index in [2.05, 4.69) is 31.4 Å². The smallest absolute Gasteiger partial charge is 0.223 e. The third-order valence-electron chi connectivity index (χ3n) is 6.14. The fourth-order valence-electron chi connectivity index (χ4n) is 4.54. The molecule has 0 spiro atoms. The van der Waals surface area contributed by atoms with Gasteiger partial charge in [-0.05, 0) is 58.4 Å². The Kier molecular flexibility index (Phi) is 5.99. The zero-order valence-corrected chi connectivity index (χ0v) is 19.6. The van der Waals surface area contributed by atoms with Crippen molar-refractivity contribution in [2.75, 3.05) is 13.2 Å². The van der Waals surface area contributed by atoms with Crippen molar-refractivity contribution in [3.63, 3.8) is 0 Å². The number of aromatic nitrogens is 2. The lowest BCUT2D eigenvalue weighted by molar-refractivity contribution is -0.131. The number of nitrogens with zero attached hydrogens (tertiary/aromatic N) is 3. The summed E-state index contributed by atoms with van der Waals surface area (Å²) < 4.78 is 7.98. The highest BCUT2D eigenvalue weighted by Crippen LogP contribution is 2.34. The van der Waals surface area contributed by atoms with Crippen LogP contribution in [0.25, 0.3) is 11.0 Å². The fourth-order valence-corrected chi connectivity index (χ4v) is 4.54. The van der Waals surface area contributed by atoms with Crippen LogP contribution in [-0.2, 0) is 11.3 Å². The van der Waals surface area contributed by atoms with Crippen molar-refractivity contribution in [1.29, 1.82) is 0 Å². The summed E-state index contributed by atoms with van der Waals surface area (Å²) in [6.45, 7) is 11.4. The Morgan fingerprint density at radius 2 is 1.94 bits per heavy atom. The van der Waals surface area contributed by atoms with E-state index in [1.165, 1.54) is 5.56 Å². The number of carbonyl (C=O) groups excluding carboxylic acids is 1. The van der Waals surface area contributed by atoms with Crippen molar-refractivity contribution >= 4 is 16.9 Å². The number of benzene rings is 2. The summed E-state index contributed by atoms with van der Waals surface area (Å²) in [5.74, 6) is 1.80. The zero-order valence-electron chi connectivity index (χ0n) is 19.6. The van der Waals surface area contributed by atoms with E-state index in [0.717, 1.165) is 28.2 Å². The Hall–Kier alpha value is -2.86. The van der Waals surface area contributed by atoms with Crippen molar-refractivity contribution in [3.05, 3.63) is 59.4 Å². The monoisotopic (exact) mass is 435 g/mol. The molecule has 4 rings (SSSR count). The highest BCUT2D eigenvalue weighted by Gasteiger charge is 2.39. The first-order chi connectivity index (χ1) is 15.1. The third-order valence-corrected chi connectivity index (χ3v) is 6.14. The molecule has 2 aromatic carbocycles. The van der Waals surface area contributed by atoms with Crippen LogP contribution in [0.5, 0.6) is 5.75 Å². The van der Waals surface area contributed by atoms with Gasteiger partial charge in [0.05, 0.1) is 17.6 Å². The number of fused-ring (bicyclic) bond motifs is 1. The second-order valence-corrected chi connectivity index (χ2v) is 9.88. The summed E-state index contributed by atoms with van der Waals surface area (Å²) in [5.41, 5.74) is 3.86. The molecular weight excluding hydrogens is 402 g/mol. The van der Waals surface area contributed by atoms with E-state index in [0.29, 0.717) is 19.5 Å². The van der Waals surface area contributed by atoms with E-state index >= 15 is 0 Å². The van der Waals surface area contributed by atoms with Gasteiger partial charge in [-0.15, -0.1) is 0 Å². The molecule has 0 unspecified atom stereocenters. The number of carbonyl (C=O) groups is 1. The number of likely N-dealkylation sites (tertiary alicyclic amines) is 1. The molecule has 0 saturated carbocycles. The molecule has 32 heavy (non-hydrogen) atoms. The summed E-state index contributed by atoms with van der Waals surface area (Å²) in [5, 5.41) is 10.8. The molecule has 2 atom stereocenters. The molecule has 1 N–H and O–H groups in total. The van der Waals surface area contributed by atoms with Crippen LogP contribution in [0, 0.1) is 13.8 Å². The lowest BCUT2D eigenvalue weighted by Crippen LogP contribution is -2.42. The molecule has 6 heteroatoms. The Morgan fingerprint density at radius 1 is 1.19 bits per heavy atom. The van der Waals surface area contributed by atoms with Gasteiger partial charge in [-0.1, -0.05) is 29.8 Å². The molecular formula is C26H33N3O3. The first-order valence-electron chi connectivity index (χ1n) is 11.3. The first-order valence-corrected chi connectivity index (χ1v) is 11.3. The van der Waals surface area contributed by atoms with Crippen LogP contribution in [0.15, 0.2) is 42.5 Å². The highest BCUT2D eigenvalue weighted by atomic mass is 16.5. The van der Waals surface area contributed by atoms with Gasteiger partial charge in [-0.25, -0.2) is 4.98 Å². The molecule has 2 heterocycles. The van der Waals surface area contributed by atoms with Gasteiger partial charge in [0.1, 0.15) is 24.3 Å². The number of amides is 1. The molecule has 0 radical (unpaired) electrons. The summed E-state index contributed by atoms with van der Waals surface area (Å²) in [6, 6.07) is 14.0. The predicted molar refractivity (Wildman–Crippen MR) is 126 cm³/mol. The van der Waals surface area contributed by atoms with Crippen LogP contribution < -0.4 is 4.74 Å². The summed E-state index contributed by atoms with van der Waals surface area (Å²) in [6.07, 6.45) is -0.265. The standard InChI is InChI=1S/C26H33N3O3/c1-17-10-11-23(18(2)12-17)32-16-20(30)15-28-22-9-7-6-8-21(22)27-25(28)19-13-24(31)29(14-19)26(3,4)5/h6-12,19-20,30H,13-16H2,1-5H3/t19-,20+/m1/s1. The van der Waals surface area contributed by atoms with Crippen LogP contribution >= 0.6 is 0 Å². The van der Waals surface area contributed by atoms with Crippen LogP contribution in [0.3, 0.4) is 0 Å². The Bertz CT molecular complexity index is 1130. The van der Waals surface area contributed by atoms with Crippen LogP contribution in [0.4, 0.5) is 0 Å². The van der Waals surface area contributed by atoms with Crippen molar-refractivity contribution in [2.45, 2.75) is 65.1 Å². The van der Waals surface area contributed by atoms with Crippen molar-refractivity contribution in [1.82, 2.24) is 14.5 Å². The Labute approximate surface area is 189 Å². The minimum Gasteiger partial charge on any atom is -0.491 e. The molecule has 0 aliphatic carbocycles.